The van der Waals surface area contributed by atoms with Gasteiger partial charge in [-0.2, -0.15) is 0 Å². The Hall–Kier alpha value is -0.262. The summed E-state index contributed by atoms with van der Waals surface area (Å²) in [5.74, 6) is 0. The van der Waals surface area contributed by atoms with E-state index in [9.17, 15) is 0 Å². The third-order valence-electron chi connectivity index (χ3n) is 14.4. The van der Waals surface area contributed by atoms with Gasteiger partial charge < -0.3 is 0 Å². The van der Waals surface area contributed by atoms with Crippen LogP contribution >= 0.6 is 0 Å². The van der Waals surface area contributed by atoms with Crippen LogP contribution in [0.15, 0.2) is 54.6 Å². The summed E-state index contributed by atoms with van der Waals surface area (Å²) in [7, 11) is 211. The normalized spacial score (nSPS) is 21.7. The zero-order valence-corrected chi connectivity index (χ0v) is 37.2. The van der Waals surface area contributed by atoms with Crippen molar-refractivity contribution >= 4 is 251 Å². The summed E-state index contributed by atoms with van der Waals surface area (Å²) in [4.78, 5) is 0. The average Bonchev–Trinajstić information content (AvgIpc) is 3.03. The maximum atomic E-state index is 6.93. The second-order valence-corrected chi connectivity index (χ2v) is 19.5. The zero-order chi connectivity index (χ0) is 52.6. The molecule has 0 unspecified atom stereocenters. The first kappa shape index (κ1) is 57.6. The molecule has 67 heavy (non-hydrogen) atoms. The van der Waals surface area contributed by atoms with Gasteiger partial charge in [-0.3, -0.25) is 0 Å². The van der Waals surface area contributed by atoms with Gasteiger partial charge in [-0.1, -0.05) is 48.5 Å². The molecule has 2 aliphatic rings. The Labute approximate surface area is 443 Å². The Morgan fingerprint density at radius 3 is 0.642 bits per heavy atom. The minimum Gasteiger partial charge on any atom is -0.123 e. The van der Waals surface area contributed by atoms with E-state index in [0.29, 0.717) is 16.7 Å². The van der Waals surface area contributed by atoms with Crippen LogP contribution in [-0.4, -0.2) is 251 Å². The van der Waals surface area contributed by atoms with Crippen molar-refractivity contribution in [1.82, 2.24) is 0 Å². The minimum atomic E-state index is -2.93. The lowest BCUT2D eigenvalue weighted by Crippen LogP contribution is -2.74. The highest BCUT2D eigenvalue weighted by Crippen LogP contribution is 2.84. The molecule has 0 aromatic heterocycles. The SMILES string of the molecule is [B]C([B])([B])C1(C([B])([B])[B])c2ccc(-c3cc(C)cc(-c4ccc5c(c4)C(C([B])([B])[B])(C([B])([B])[B])C([B])([B])C([B])([B])C5(C([B])([B])[B])C([B])([B])[B])c3)cc2C(C([B])([B])[B])(C([B])([B])[B])C([B])([B])C1([B])[B]. The molecule has 5 rings (SSSR count). The van der Waals surface area contributed by atoms with E-state index in [-0.39, 0.29) is 33.4 Å². The Bertz CT molecular complexity index is 2220. The Balaban J connectivity index is 2.01. The van der Waals surface area contributed by atoms with Crippen LogP contribution < -0.4 is 0 Å². The summed E-state index contributed by atoms with van der Waals surface area (Å²) in [6.45, 7) is 1.73. The van der Waals surface area contributed by atoms with E-state index in [1.54, 1.807) is 25.1 Å². The van der Waals surface area contributed by atoms with Gasteiger partial charge >= 0.3 is 0 Å². The van der Waals surface area contributed by atoms with Crippen LogP contribution in [0, 0.1) is 6.92 Å². The van der Waals surface area contributed by atoms with Gasteiger partial charge in [0.1, 0.15) is 0 Å². The first-order chi connectivity index (χ1) is 29.3. The molecule has 2 aliphatic carbocycles. The number of hydrogen-bond donors (Lipinski definition) is 0. The molecular formula is C35H12B32. The largest absolute Gasteiger partial charge is 0.123 e. The second kappa shape index (κ2) is 15.9. The molecule has 32 heteroatoms. The summed E-state index contributed by atoms with van der Waals surface area (Å²) in [6, 6.07) is 13.5. The molecule has 3 aromatic carbocycles. The van der Waals surface area contributed by atoms with Crippen molar-refractivity contribution in [3.05, 3.63) is 82.4 Å². The molecule has 0 bridgehead atoms. The third kappa shape index (κ3) is 6.97. The molecule has 0 saturated heterocycles. The molecule has 0 aliphatic heterocycles. The highest BCUT2D eigenvalue weighted by molar-refractivity contribution is 6.74. The maximum absolute atomic E-state index is 6.93. The molecule has 3 aromatic rings. The van der Waals surface area contributed by atoms with Crippen molar-refractivity contribution in [2.24, 2.45) is 0 Å². The quantitative estimate of drug-likeness (QED) is 0.181. The van der Waals surface area contributed by atoms with E-state index in [2.05, 4.69) is 0 Å². The van der Waals surface area contributed by atoms with Crippen LogP contribution in [0.25, 0.3) is 22.3 Å². The van der Waals surface area contributed by atoms with E-state index in [0.717, 1.165) is 0 Å². The molecule has 0 heterocycles. The van der Waals surface area contributed by atoms with Crippen molar-refractivity contribution < 1.29 is 0 Å². The molecule has 0 saturated carbocycles. The number of benzene rings is 3. The highest BCUT2D eigenvalue weighted by atomic mass is 14.7. The minimum absolute atomic E-state index is 0.260. The fraction of sp³-hybridized carbons (Fsp3) is 0.486. The van der Waals surface area contributed by atoms with Crippen LogP contribution in [0.5, 0.6) is 0 Å². The first-order valence-electron chi connectivity index (χ1n) is 19.9. The number of fused-ring (bicyclic) bond motifs is 2. The Morgan fingerprint density at radius 1 is 0.254 bits per heavy atom. The lowest BCUT2D eigenvalue weighted by atomic mass is 8.99. The molecule has 0 atom stereocenters. The van der Waals surface area contributed by atoms with Crippen LogP contribution in [0.2, 0.25) is 61.8 Å². The van der Waals surface area contributed by atoms with Crippen molar-refractivity contribution in [3.63, 3.8) is 0 Å². The molecule has 0 nitrogen and oxygen atoms in total. The average molecular weight is 778 g/mol. The first-order valence-corrected chi connectivity index (χ1v) is 19.9. The summed E-state index contributed by atoms with van der Waals surface area (Å²) in [5, 5.41) is -33.3. The predicted octanol–water partition coefficient (Wildman–Crippen LogP) is -5.25. The van der Waals surface area contributed by atoms with E-state index < -0.39 is 83.4 Å². The van der Waals surface area contributed by atoms with Crippen molar-refractivity contribution in [1.29, 1.82) is 0 Å². The second-order valence-electron chi connectivity index (χ2n) is 19.5. The Kier molecular flexibility index (Phi) is 13.7. The molecule has 0 amide bonds. The Morgan fingerprint density at radius 2 is 0.448 bits per heavy atom. The van der Waals surface area contributed by atoms with Gasteiger partial charge in [0.25, 0.3) is 0 Å². The van der Waals surface area contributed by atoms with Crippen LogP contribution in [0.4, 0.5) is 0 Å². The van der Waals surface area contributed by atoms with Gasteiger partial charge in [0.15, 0.2) is 0 Å². The smallest absolute Gasteiger partial charge is 0.0619 e. The lowest BCUT2D eigenvalue weighted by Gasteiger charge is -2.82. The monoisotopic (exact) mass is 784 g/mol. The van der Waals surface area contributed by atoms with E-state index in [1.807, 2.05) is 0 Å². The van der Waals surface area contributed by atoms with Gasteiger partial charge in [-0.05, 0) is 84.7 Å². The predicted molar refractivity (Wildman–Crippen MR) is 305 cm³/mol. The number of rotatable bonds is 10. The third-order valence-corrected chi connectivity index (χ3v) is 14.4. The standard InChI is InChI=1S/C35H12B32/c1-11-6-14(12-2-4-16-18(9-12)22(32(56,57)58,33(59,60)61)26(40,41)24(36,37)20(16,28(44,45)46)29(47,48)49)8-15(7-11)13-3-5-17-19(10-13)23(34(62,63)64,35(65,66)67)27(42,43)25(38,39)21(17,30(50,51)52)31(53,54)55/h2-10H,1H3. The lowest BCUT2D eigenvalue weighted by molar-refractivity contribution is 0.212. The van der Waals surface area contributed by atoms with E-state index in [1.165, 1.54) is 36.4 Å². The summed E-state index contributed by atoms with van der Waals surface area (Å²) < 4.78 is 0. The molecule has 0 fully saturated rings. The molecular weight excluding hydrogens is 766 g/mol. The highest BCUT2D eigenvalue weighted by Gasteiger charge is 2.74. The van der Waals surface area contributed by atoms with Crippen LogP contribution in [-0.2, 0) is 21.7 Å². The van der Waals surface area contributed by atoms with Crippen molar-refractivity contribution in [2.45, 2.75) is 90.3 Å². The van der Waals surface area contributed by atoms with Crippen LogP contribution in [0.3, 0.4) is 0 Å². The van der Waals surface area contributed by atoms with Gasteiger partial charge in [-0.15, -0.1) is 61.8 Å². The number of hydrogen-bond acceptors (Lipinski definition) is 0. The molecule has 248 valence electrons. The summed E-state index contributed by atoms with van der Waals surface area (Å²) in [5.41, 5.74) is -9.97. The fourth-order valence-corrected chi connectivity index (χ4v) is 12.2. The molecule has 0 N–H and O–H groups in total. The molecule has 64 radical (unpaired) electrons. The van der Waals surface area contributed by atoms with E-state index in [4.69, 9.17) is 251 Å². The number of aryl methyl sites for hydroxylation is 1. The van der Waals surface area contributed by atoms with Gasteiger partial charge in [0.05, 0.1) is 251 Å². The maximum Gasteiger partial charge on any atom is 0.0619 e. The van der Waals surface area contributed by atoms with Crippen molar-refractivity contribution in [3.8, 4) is 22.3 Å². The fourth-order valence-electron chi connectivity index (χ4n) is 12.2. The van der Waals surface area contributed by atoms with Gasteiger partial charge in [0, 0.05) is 0 Å². The van der Waals surface area contributed by atoms with Crippen molar-refractivity contribution in [2.75, 3.05) is 0 Å². The topological polar surface area (TPSA) is 0 Å². The van der Waals surface area contributed by atoms with Gasteiger partial charge in [-0.25, -0.2) is 0 Å². The summed E-state index contributed by atoms with van der Waals surface area (Å²) >= 11 is 0. The molecule has 0 spiro atoms. The van der Waals surface area contributed by atoms with Gasteiger partial charge in [0.2, 0.25) is 0 Å². The van der Waals surface area contributed by atoms with E-state index >= 15 is 0 Å². The zero-order valence-electron chi connectivity index (χ0n) is 37.2. The summed E-state index contributed by atoms with van der Waals surface area (Å²) in [6.07, 6.45) is 0. The van der Waals surface area contributed by atoms with Crippen LogP contribution in [0.1, 0.15) is 27.8 Å².